The van der Waals surface area contributed by atoms with Gasteiger partial charge in [0, 0.05) is 19.7 Å². The lowest BCUT2D eigenvalue weighted by Gasteiger charge is -2.24. The van der Waals surface area contributed by atoms with Crippen molar-refractivity contribution in [3.63, 3.8) is 0 Å². The Morgan fingerprint density at radius 3 is 2.86 bits per heavy atom. The van der Waals surface area contributed by atoms with E-state index in [2.05, 4.69) is 17.2 Å². The summed E-state index contributed by atoms with van der Waals surface area (Å²) in [4.78, 5) is 36.9. The molecular formula is C14H17N3O3S. The molecular weight excluding hydrogens is 290 g/mol. The second-order valence-electron chi connectivity index (χ2n) is 4.87. The summed E-state index contributed by atoms with van der Waals surface area (Å²) in [5, 5.41) is 7.64. The molecule has 1 aliphatic heterocycles. The smallest absolute Gasteiger partial charge is 0.254 e. The van der Waals surface area contributed by atoms with E-state index >= 15 is 0 Å². The summed E-state index contributed by atoms with van der Waals surface area (Å²) in [6, 6.07) is 1.08. The van der Waals surface area contributed by atoms with Gasteiger partial charge in [-0.3, -0.25) is 14.4 Å². The number of anilines is 1. The molecule has 21 heavy (non-hydrogen) atoms. The van der Waals surface area contributed by atoms with E-state index in [4.69, 9.17) is 0 Å². The molecule has 0 saturated carbocycles. The lowest BCUT2D eigenvalue weighted by Crippen LogP contribution is -2.49. The van der Waals surface area contributed by atoms with E-state index in [-0.39, 0.29) is 17.7 Å². The van der Waals surface area contributed by atoms with Crippen molar-refractivity contribution in [2.45, 2.75) is 25.8 Å². The average molecular weight is 307 g/mol. The lowest BCUT2D eigenvalue weighted by molar-refractivity contribution is -0.123. The van der Waals surface area contributed by atoms with Crippen LogP contribution in [0.2, 0.25) is 0 Å². The van der Waals surface area contributed by atoms with Crippen LogP contribution >= 0.6 is 11.3 Å². The van der Waals surface area contributed by atoms with Crippen LogP contribution in [0.4, 0.5) is 5.00 Å². The zero-order chi connectivity index (χ0) is 15.6. The first-order valence-electron chi connectivity index (χ1n) is 6.51. The van der Waals surface area contributed by atoms with Crippen LogP contribution in [0.25, 0.3) is 0 Å². The van der Waals surface area contributed by atoms with Crippen LogP contribution < -0.4 is 15.5 Å². The summed E-state index contributed by atoms with van der Waals surface area (Å²) < 4.78 is 0. The summed E-state index contributed by atoms with van der Waals surface area (Å²) in [6.07, 6.45) is 1.17. The van der Waals surface area contributed by atoms with Crippen molar-refractivity contribution in [3.05, 3.63) is 29.3 Å². The minimum absolute atomic E-state index is 0.154. The third-order valence-corrected chi connectivity index (χ3v) is 4.31. The number of rotatable bonds is 3. The van der Waals surface area contributed by atoms with Gasteiger partial charge in [-0.1, -0.05) is 6.58 Å². The molecule has 1 saturated heterocycles. The number of amides is 3. The number of piperidine rings is 1. The SMILES string of the molecule is C=C1CCC(NC(=O)c2ccsc2N(C)C(C)=O)C(=O)N1. The quantitative estimate of drug-likeness (QED) is 0.882. The van der Waals surface area contributed by atoms with Gasteiger partial charge in [0.2, 0.25) is 11.8 Å². The first-order chi connectivity index (χ1) is 9.90. The number of hydrogen-bond donors (Lipinski definition) is 2. The molecule has 1 aliphatic rings. The van der Waals surface area contributed by atoms with Crippen molar-refractivity contribution < 1.29 is 14.4 Å². The molecule has 7 heteroatoms. The second-order valence-corrected chi connectivity index (χ2v) is 5.77. The third kappa shape index (κ3) is 3.30. The monoisotopic (exact) mass is 307 g/mol. The summed E-state index contributed by atoms with van der Waals surface area (Å²) in [7, 11) is 1.61. The fourth-order valence-electron chi connectivity index (χ4n) is 2.02. The summed E-state index contributed by atoms with van der Waals surface area (Å²) in [6.45, 7) is 5.13. The largest absolute Gasteiger partial charge is 0.340 e. The molecule has 2 heterocycles. The Kier molecular flexibility index (Phi) is 4.42. The molecule has 1 aromatic rings. The Hall–Kier alpha value is -2.15. The van der Waals surface area contributed by atoms with Crippen molar-refractivity contribution >= 4 is 34.1 Å². The van der Waals surface area contributed by atoms with E-state index in [9.17, 15) is 14.4 Å². The Balaban J connectivity index is 2.11. The van der Waals surface area contributed by atoms with Crippen molar-refractivity contribution in [2.24, 2.45) is 0 Å². The topological polar surface area (TPSA) is 78.5 Å². The van der Waals surface area contributed by atoms with Crippen molar-refractivity contribution in [1.82, 2.24) is 10.6 Å². The lowest BCUT2D eigenvalue weighted by atomic mass is 10.0. The van der Waals surface area contributed by atoms with Gasteiger partial charge >= 0.3 is 0 Å². The van der Waals surface area contributed by atoms with Gasteiger partial charge in [-0.05, 0) is 24.3 Å². The minimum Gasteiger partial charge on any atom is -0.340 e. The maximum Gasteiger partial charge on any atom is 0.254 e. The molecule has 6 nitrogen and oxygen atoms in total. The van der Waals surface area contributed by atoms with Crippen molar-refractivity contribution in [3.8, 4) is 0 Å². The maximum absolute atomic E-state index is 12.3. The number of hydrogen-bond acceptors (Lipinski definition) is 4. The number of allylic oxidation sites excluding steroid dienone is 1. The van der Waals surface area contributed by atoms with Crippen LogP contribution in [0.5, 0.6) is 0 Å². The van der Waals surface area contributed by atoms with Crippen LogP contribution in [0, 0.1) is 0 Å². The predicted octanol–water partition coefficient (Wildman–Crippen LogP) is 1.25. The fourth-order valence-corrected chi connectivity index (χ4v) is 2.93. The predicted molar refractivity (Wildman–Crippen MR) is 81.2 cm³/mol. The maximum atomic E-state index is 12.3. The fraction of sp³-hybridized carbons (Fsp3) is 0.357. The van der Waals surface area contributed by atoms with Crippen LogP contribution in [-0.4, -0.2) is 30.8 Å². The molecule has 0 aromatic carbocycles. The second kappa shape index (κ2) is 6.09. The Morgan fingerprint density at radius 1 is 1.52 bits per heavy atom. The number of thiophene rings is 1. The van der Waals surface area contributed by atoms with Gasteiger partial charge in [0.05, 0.1) is 5.56 Å². The Morgan fingerprint density at radius 2 is 2.24 bits per heavy atom. The first-order valence-corrected chi connectivity index (χ1v) is 7.39. The molecule has 0 spiro atoms. The molecule has 1 fully saturated rings. The molecule has 1 aromatic heterocycles. The van der Waals surface area contributed by atoms with E-state index in [0.29, 0.717) is 29.1 Å². The molecule has 0 aliphatic carbocycles. The zero-order valence-corrected chi connectivity index (χ0v) is 12.8. The van der Waals surface area contributed by atoms with Gasteiger partial charge in [0.25, 0.3) is 5.91 Å². The van der Waals surface area contributed by atoms with Crippen LogP contribution in [-0.2, 0) is 9.59 Å². The van der Waals surface area contributed by atoms with Crippen LogP contribution in [0.15, 0.2) is 23.7 Å². The highest BCUT2D eigenvalue weighted by Crippen LogP contribution is 2.27. The Labute approximate surface area is 126 Å². The molecule has 0 bridgehead atoms. The van der Waals surface area contributed by atoms with Crippen LogP contribution in [0.1, 0.15) is 30.1 Å². The number of nitrogens with one attached hydrogen (secondary N) is 2. The van der Waals surface area contributed by atoms with E-state index in [1.165, 1.54) is 23.2 Å². The highest BCUT2D eigenvalue weighted by atomic mass is 32.1. The number of carbonyl (C=O) groups excluding carboxylic acids is 3. The molecule has 3 amide bonds. The number of carbonyl (C=O) groups is 3. The Bertz CT molecular complexity index is 608. The highest BCUT2D eigenvalue weighted by molar-refractivity contribution is 7.14. The van der Waals surface area contributed by atoms with E-state index in [0.717, 1.165) is 0 Å². The van der Waals surface area contributed by atoms with Gasteiger partial charge in [-0.15, -0.1) is 11.3 Å². The number of nitrogens with zero attached hydrogens (tertiary/aromatic N) is 1. The molecule has 0 radical (unpaired) electrons. The molecule has 1 unspecified atom stereocenters. The first kappa shape index (κ1) is 15.2. The van der Waals surface area contributed by atoms with E-state index < -0.39 is 6.04 Å². The summed E-state index contributed by atoms with van der Waals surface area (Å²) >= 11 is 1.31. The molecule has 112 valence electrons. The standard InChI is InChI=1S/C14H17N3O3S/c1-8-4-5-11(13(20)15-8)16-12(19)10-6-7-21-14(10)17(3)9(2)18/h6-7,11H,1,4-5H2,2-3H3,(H,15,20)(H,16,19). The summed E-state index contributed by atoms with van der Waals surface area (Å²) in [5.74, 6) is -0.762. The molecule has 1 atom stereocenters. The van der Waals surface area contributed by atoms with Gasteiger partial charge < -0.3 is 15.5 Å². The highest BCUT2D eigenvalue weighted by Gasteiger charge is 2.27. The summed E-state index contributed by atoms with van der Waals surface area (Å²) in [5.41, 5.74) is 1.06. The van der Waals surface area contributed by atoms with Gasteiger partial charge in [0.15, 0.2) is 0 Å². The van der Waals surface area contributed by atoms with Gasteiger partial charge in [-0.25, -0.2) is 0 Å². The van der Waals surface area contributed by atoms with Gasteiger partial charge in [-0.2, -0.15) is 0 Å². The van der Waals surface area contributed by atoms with Crippen molar-refractivity contribution in [2.75, 3.05) is 11.9 Å². The van der Waals surface area contributed by atoms with Crippen molar-refractivity contribution in [1.29, 1.82) is 0 Å². The third-order valence-electron chi connectivity index (χ3n) is 3.32. The van der Waals surface area contributed by atoms with E-state index in [1.54, 1.807) is 18.5 Å². The molecule has 2 N–H and O–H groups in total. The minimum atomic E-state index is -0.571. The van der Waals surface area contributed by atoms with Crippen LogP contribution in [0.3, 0.4) is 0 Å². The van der Waals surface area contributed by atoms with E-state index in [1.807, 2.05) is 0 Å². The normalized spacial score (nSPS) is 18.1. The van der Waals surface area contributed by atoms with Gasteiger partial charge in [0.1, 0.15) is 11.0 Å². The zero-order valence-electron chi connectivity index (χ0n) is 11.9. The average Bonchev–Trinajstić information content (AvgIpc) is 2.90. The molecule has 2 rings (SSSR count).